The van der Waals surface area contributed by atoms with Gasteiger partial charge in [0.2, 0.25) is 0 Å². The monoisotopic (exact) mass is 284 g/mol. The van der Waals surface area contributed by atoms with Crippen LogP contribution in [0, 0.1) is 5.92 Å². The molecule has 1 N–H and O–H groups in total. The van der Waals surface area contributed by atoms with Gasteiger partial charge in [0.1, 0.15) is 0 Å². The van der Waals surface area contributed by atoms with Crippen LogP contribution in [-0.4, -0.2) is 40.7 Å². The summed E-state index contributed by atoms with van der Waals surface area (Å²) >= 11 is 0. The van der Waals surface area contributed by atoms with Gasteiger partial charge in [0, 0.05) is 24.7 Å². The zero-order valence-electron chi connectivity index (χ0n) is 12.0. The molecule has 0 amide bonds. The molecule has 1 aromatic carbocycles. The van der Waals surface area contributed by atoms with Crippen LogP contribution in [0.4, 0.5) is 0 Å². The van der Waals surface area contributed by atoms with Crippen LogP contribution in [0.5, 0.6) is 0 Å². The molecule has 4 rings (SSSR count). The highest BCUT2D eigenvalue weighted by Gasteiger charge is 2.32. The number of fused-ring (bicyclic) bond motifs is 1. The van der Waals surface area contributed by atoms with E-state index in [1.807, 2.05) is 30.3 Å². The minimum Gasteiger partial charge on any atom is -0.334 e. The van der Waals surface area contributed by atoms with E-state index in [4.69, 9.17) is 4.52 Å². The second-order valence-electron chi connectivity index (χ2n) is 6.01. The Balaban J connectivity index is 1.42. The van der Waals surface area contributed by atoms with Gasteiger partial charge in [0.25, 0.3) is 5.89 Å². The van der Waals surface area contributed by atoms with Crippen molar-refractivity contribution in [1.29, 1.82) is 0 Å². The molecular formula is C16H20N4O. The topological polar surface area (TPSA) is 54.2 Å². The summed E-state index contributed by atoms with van der Waals surface area (Å²) in [6.07, 6.45) is 2.52. The Hall–Kier alpha value is -1.72. The number of hydrogen-bond acceptors (Lipinski definition) is 5. The maximum absolute atomic E-state index is 5.38. The Morgan fingerprint density at radius 2 is 2.14 bits per heavy atom. The maximum atomic E-state index is 5.38. The van der Waals surface area contributed by atoms with Gasteiger partial charge in [-0.25, -0.2) is 0 Å². The number of hydrogen-bond donors (Lipinski definition) is 1. The molecule has 0 aliphatic carbocycles. The second-order valence-corrected chi connectivity index (χ2v) is 6.01. The standard InChI is InChI=1S/C16H20N4O/c1-2-4-12(5-3-1)16-18-15(19-21-16)11-20-9-7-14-13(10-20)6-8-17-14/h1-5,13-14,17H,6-11H2. The van der Waals surface area contributed by atoms with Gasteiger partial charge in [-0.2, -0.15) is 4.98 Å². The lowest BCUT2D eigenvalue weighted by atomic mass is 9.93. The lowest BCUT2D eigenvalue weighted by Crippen LogP contribution is -2.44. The van der Waals surface area contributed by atoms with Gasteiger partial charge >= 0.3 is 0 Å². The van der Waals surface area contributed by atoms with E-state index in [2.05, 4.69) is 20.4 Å². The van der Waals surface area contributed by atoms with Crippen molar-refractivity contribution in [2.45, 2.75) is 25.4 Å². The fraction of sp³-hybridized carbons (Fsp3) is 0.500. The maximum Gasteiger partial charge on any atom is 0.257 e. The summed E-state index contributed by atoms with van der Waals surface area (Å²) in [7, 11) is 0. The molecule has 0 bridgehead atoms. The molecule has 2 fully saturated rings. The van der Waals surface area contributed by atoms with Crippen molar-refractivity contribution in [3.63, 3.8) is 0 Å². The Labute approximate surface area is 124 Å². The smallest absolute Gasteiger partial charge is 0.257 e. The molecule has 2 saturated heterocycles. The van der Waals surface area contributed by atoms with Crippen molar-refractivity contribution in [2.75, 3.05) is 19.6 Å². The first kappa shape index (κ1) is 13.0. The van der Waals surface area contributed by atoms with E-state index in [0.29, 0.717) is 5.89 Å². The minimum atomic E-state index is 0.614. The highest BCUT2D eigenvalue weighted by Crippen LogP contribution is 2.25. The number of nitrogens with zero attached hydrogens (tertiary/aromatic N) is 3. The van der Waals surface area contributed by atoms with Gasteiger partial charge in [0.15, 0.2) is 5.82 Å². The zero-order valence-corrected chi connectivity index (χ0v) is 12.0. The van der Waals surface area contributed by atoms with Gasteiger partial charge < -0.3 is 9.84 Å². The molecule has 110 valence electrons. The third kappa shape index (κ3) is 2.71. The molecule has 5 nitrogen and oxygen atoms in total. The van der Waals surface area contributed by atoms with Crippen molar-refractivity contribution in [3.8, 4) is 11.5 Å². The number of likely N-dealkylation sites (tertiary alicyclic amines) is 1. The third-order valence-corrected chi connectivity index (χ3v) is 4.59. The number of aromatic nitrogens is 2. The fourth-order valence-electron chi connectivity index (χ4n) is 3.48. The normalized spacial score (nSPS) is 25.9. The summed E-state index contributed by atoms with van der Waals surface area (Å²) in [5, 5.41) is 7.72. The van der Waals surface area contributed by atoms with Crippen molar-refractivity contribution in [2.24, 2.45) is 5.92 Å². The third-order valence-electron chi connectivity index (χ3n) is 4.59. The minimum absolute atomic E-state index is 0.614. The first-order valence-corrected chi connectivity index (χ1v) is 7.72. The summed E-state index contributed by atoms with van der Waals surface area (Å²) in [5.41, 5.74) is 0.981. The van der Waals surface area contributed by atoms with E-state index < -0.39 is 0 Å². The van der Waals surface area contributed by atoms with Crippen LogP contribution in [0.1, 0.15) is 18.7 Å². The van der Waals surface area contributed by atoms with E-state index in [0.717, 1.165) is 43.0 Å². The summed E-state index contributed by atoms with van der Waals surface area (Å²) in [6, 6.07) is 10.7. The number of benzene rings is 1. The molecule has 2 unspecified atom stereocenters. The largest absolute Gasteiger partial charge is 0.334 e. The van der Waals surface area contributed by atoms with Crippen molar-refractivity contribution in [3.05, 3.63) is 36.2 Å². The summed E-state index contributed by atoms with van der Waals surface area (Å²) in [4.78, 5) is 6.98. The van der Waals surface area contributed by atoms with E-state index >= 15 is 0 Å². The van der Waals surface area contributed by atoms with Crippen molar-refractivity contribution in [1.82, 2.24) is 20.4 Å². The van der Waals surface area contributed by atoms with Crippen LogP contribution in [0.2, 0.25) is 0 Å². The Kier molecular flexibility index (Phi) is 3.45. The average molecular weight is 284 g/mol. The van der Waals surface area contributed by atoms with Crippen molar-refractivity contribution >= 4 is 0 Å². The molecule has 5 heteroatoms. The predicted molar refractivity (Wildman–Crippen MR) is 79.5 cm³/mol. The molecule has 0 spiro atoms. The van der Waals surface area contributed by atoms with E-state index in [9.17, 15) is 0 Å². The molecule has 1 aromatic heterocycles. The van der Waals surface area contributed by atoms with Gasteiger partial charge in [0.05, 0.1) is 6.54 Å². The second kappa shape index (κ2) is 5.58. The van der Waals surface area contributed by atoms with Gasteiger partial charge in [-0.3, -0.25) is 4.90 Å². The highest BCUT2D eigenvalue weighted by atomic mass is 16.5. The molecule has 2 atom stereocenters. The Morgan fingerprint density at radius 3 is 3.05 bits per heavy atom. The Bertz CT molecular complexity index is 597. The predicted octanol–water partition coefficient (Wildman–Crippen LogP) is 1.92. The Morgan fingerprint density at radius 1 is 1.24 bits per heavy atom. The quantitative estimate of drug-likeness (QED) is 0.933. The van der Waals surface area contributed by atoms with E-state index in [1.54, 1.807) is 0 Å². The van der Waals surface area contributed by atoms with E-state index in [1.165, 1.54) is 19.4 Å². The molecule has 21 heavy (non-hydrogen) atoms. The zero-order chi connectivity index (χ0) is 14.1. The number of nitrogens with one attached hydrogen (secondary N) is 1. The van der Waals surface area contributed by atoms with Crippen LogP contribution in [0.3, 0.4) is 0 Å². The summed E-state index contributed by atoms with van der Waals surface area (Å²) in [6.45, 7) is 4.22. The highest BCUT2D eigenvalue weighted by molar-refractivity contribution is 5.51. The summed E-state index contributed by atoms with van der Waals surface area (Å²) in [5.74, 6) is 2.19. The molecule has 0 radical (unpaired) electrons. The van der Waals surface area contributed by atoms with Crippen LogP contribution < -0.4 is 5.32 Å². The van der Waals surface area contributed by atoms with Gasteiger partial charge in [-0.1, -0.05) is 23.4 Å². The lowest BCUT2D eigenvalue weighted by Gasteiger charge is -2.33. The summed E-state index contributed by atoms with van der Waals surface area (Å²) < 4.78 is 5.38. The molecular weight excluding hydrogens is 264 g/mol. The van der Waals surface area contributed by atoms with Crippen LogP contribution in [0.25, 0.3) is 11.5 Å². The van der Waals surface area contributed by atoms with Gasteiger partial charge in [-0.15, -0.1) is 0 Å². The van der Waals surface area contributed by atoms with Crippen LogP contribution >= 0.6 is 0 Å². The van der Waals surface area contributed by atoms with Crippen molar-refractivity contribution < 1.29 is 4.52 Å². The fourth-order valence-corrected chi connectivity index (χ4v) is 3.48. The first-order valence-electron chi connectivity index (χ1n) is 7.72. The molecule has 0 saturated carbocycles. The molecule has 2 aromatic rings. The molecule has 2 aliphatic rings. The average Bonchev–Trinajstić information content (AvgIpc) is 3.17. The molecule has 2 aliphatic heterocycles. The lowest BCUT2D eigenvalue weighted by molar-refractivity contribution is 0.151. The SMILES string of the molecule is c1ccc(-c2nc(CN3CCC4NCCC4C3)no2)cc1. The van der Waals surface area contributed by atoms with Crippen LogP contribution in [-0.2, 0) is 6.54 Å². The van der Waals surface area contributed by atoms with Crippen LogP contribution in [0.15, 0.2) is 34.9 Å². The number of rotatable bonds is 3. The first-order chi connectivity index (χ1) is 10.4. The van der Waals surface area contributed by atoms with E-state index in [-0.39, 0.29) is 0 Å². The molecule has 3 heterocycles. The number of piperidine rings is 1. The van der Waals surface area contributed by atoms with Gasteiger partial charge in [-0.05, 0) is 37.4 Å².